The second kappa shape index (κ2) is 6.46. The maximum absolute atomic E-state index is 6.40. The van der Waals surface area contributed by atoms with Gasteiger partial charge in [0.2, 0.25) is 0 Å². The van der Waals surface area contributed by atoms with Crippen molar-refractivity contribution in [3.8, 4) is 0 Å². The van der Waals surface area contributed by atoms with Crippen LogP contribution in [-0.4, -0.2) is 35.6 Å². The summed E-state index contributed by atoms with van der Waals surface area (Å²) in [5, 5.41) is 8.75. The zero-order valence-corrected chi connectivity index (χ0v) is 13.8. The van der Waals surface area contributed by atoms with Gasteiger partial charge in [-0.15, -0.1) is 0 Å². The lowest BCUT2D eigenvalue weighted by Gasteiger charge is -2.32. The molecule has 114 valence electrons. The Balaban J connectivity index is 2.19. The van der Waals surface area contributed by atoms with Crippen LogP contribution < -0.4 is 5.32 Å². The van der Waals surface area contributed by atoms with Gasteiger partial charge >= 0.3 is 0 Å². The topological polar surface area (TPSA) is 39.1 Å². The van der Waals surface area contributed by atoms with Crippen LogP contribution in [0.3, 0.4) is 0 Å². The van der Waals surface area contributed by atoms with Gasteiger partial charge < -0.3 is 10.1 Å². The van der Waals surface area contributed by atoms with Gasteiger partial charge in [0.15, 0.2) is 0 Å². The van der Waals surface area contributed by atoms with E-state index in [0.717, 1.165) is 49.8 Å². The zero-order valence-electron chi connectivity index (χ0n) is 13.0. The van der Waals surface area contributed by atoms with Crippen LogP contribution in [0.4, 0.5) is 0 Å². The summed E-state index contributed by atoms with van der Waals surface area (Å²) in [4.78, 5) is 0. The average molecular weight is 300 g/mol. The standard InChI is InChI=1S/C15H26ClN3O/c1-5-7-17-10-15(6-8-20-12(15)3)9-13-11(2)18-19(4)14(13)16/h12,17H,5-10H2,1-4H3. The van der Waals surface area contributed by atoms with Crippen LogP contribution in [0.5, 0.6) is 0 Å². The molecule has 1 fully saturated rings. The molecule has 20 heavy (non-hydrogen) atoms. The van der Waals surface area contributed by atoms with E-state index in [2.05, 4.69) is 24.3 Å². The van der Waals surface area contributed by atoms with E-state index in [1.54, 1.807) is 4.68 Å². The lowest BCUT2D eigenvalue weighted by atomic mass is 9.76. The van der Waals surface area contributed by atoms with Crippen molar-refractivity contribution in [1.29, 1.82) is 0 Å². The second-order valence-corrected chi connectivity index (χ2v) is 6.32. The molecule has 0 amide bonds. The number of nitrogens with one attached hydrogen (secondary N) is 1. The fraction of sp³-hybridized carbons (Fsp3) is 0.800. The molecule has 0 radical (unpaired) electrons. The van der Waals surface area contributed by atoms with Gasteiger partial charge in [0.05, 0.1) is 11.8 Å². The van der Waals surface area contributed by atoms with Crippen molar-refractivity contribution < 1.29 is 4.74 Å². The minimum Gasteiger partial charge on any atom is -0.378 e. The predicted molar refractivity (Wildman–Crippen MR) is 82.3 cm³/mol. The number of hydrogen-bond donors (Lipinski definition) is 1. The SMILES string of the molecule is CCCNCC1(Cc2c(C)nn(C)c2Cl)CCOC1C. The minimum atomic E-state index is 0.132. The highest BCUT2D eigenvalue weighted by molar-refractivity contribution is 6.30. The van der Waals surface area contributed by atoms with Crippen molar-refractivity contribution >= 4 is 11.6 Å². The van der Waals surface area contributed by atoms with Gasteiger partial charge in [0.25, 0.3) is 0 Å². The molecular formula is C15H26ClN3O. The molecule has 0 spiro atoms. The summed E-state index contributed by atoms with van der Waals surface area (Å²) in [5.74, 6) is 0. The Bertz CT molecular complexity index is 460. The smallest absolute Gasteiger partial charge is 0.130 e. The summed E-state index contributed by atoms with van der Waals surface area (Å²) in [7, 11) is 1.90. The molecule has 2 rings (SSSR count). The summed E-state index contributed by atoms with van der Waals surface area (Å²) in [6.45, 7) is 9.28. The van der Waals surface area contributed by atoms with Crippen molar-refractivity contribution in [2.24, 2.45) is 12.5 Å². The van der Waals surface area contributed by atoms with E-state index in [1.807, 2.05) is 14.0 Å². The quantitative estimate of drug-likeness (QED) is 0.821. The van der Waals surface area contributed by atoms with E-state index in [1.165, 1.54) is 5.56 Å². The fourth-order valence-electron chi connectivity index (χ4n) is 3.09. The van der Waals surface area contributed by atoms with E-state index >= 15 is 0 Å². The van der Waals surface area contributed by atoms with Gasteiger partial charge in [0.1, 0.15) is 5.15 Å². The van der Waals surface area contributed by atoms with Crippen LogP contribution in [-0.2, 0) is 18.2 Å². The first kappa shape index (κ1) is 15.8. The Morgan fingerprint density at radius 3 is 2.80 bits per heavy atom. The molecule has 0 bridgehead atoms. The van der Waals surface area contributed by atoms with Crippen LogP contribution in [0, 0.1) is 12.3 Å². The molecule has 2 unspecified atom stereocenters. The first-order valence-electron chi connectivity index (χ1n) is 7.50. The summed E-state index contributed by atoms with van der Waals surface area (Å²) in [6.07, 6.45) is 3.42. The molecule has 0 aromatic carbocycles. The average Bonchev–Trinajstić information content (AvgIpc) is 2.87. The first-order chi connectivity index (χ1) is 9.50. The monoisotopic (exact) mass is 299 g/mol. The number of nitrogens with zero attached hydrogens (tertiary/aromatic N) is 2. The maximum Gasteiger partial charge on any atom is 0.130 e. The predicted octanol–water partition coefficient (Wildman–Crippen LogP) is 2.72. The van der Waals surface area contributed by atoms with E-state index in [4.69, 9.17) is 16.3 Å². The molecule has 1 aliphatic rings. The van der Waals surface area contributed by atoms with Crippen LogP contribution in [0.15, 0.2) is 0 Å². The summed E-state index contributed by atoms with van der Waals surface area (Å²) >= 11 is 6.40. The van der Waals surface area contributed by atoms with Crippen LogP contribution in [0.1, 0.15) is 37.9 Å². The van der Waals surface area contributed by atoms with Crippen LogP contribution in [0.2, 0.25) is 5.15 Å². The Labute approximate surface area is 126 Å². The van der Waals surface area contributed by atoms with Crippen LogP contribution >= 0.6 is 11.6 Å². The molecule has 0 saturated carbocycles. The third kappa shape index (κ3) is 3.02. The summed E-state index contributed by atoms with van der Waals surface area (Å²) in [6, 6.07) is 0. The summed E-state index contributed by atoms with van der Waals surface area (Å²) in [5.41, 5.74) is 2.34. The van der Waals surface area contributed by atoms with E-state index in [9.17, 15) is 0 Å². The largest absolute Gasteiger partial charge is 0.378 e. The molecular weight excluding hydrogens is 274 g/mol. The van der Waals surface area contributed by atoms with Gasteiger partial charge in [0, 0.05) is 31.2 Å². The van der Waals surface area contributed by atoms with Crippen molar-refractivity contribution in [1.82, 2.24) is 15.1 Å². The molecule has 2 atom stereocenters. The number of ether oxygens (including phenoxy) is 1. The minimum absolute atomic E-state index is 0.132. The maximum atomic E-state index is 6.40. The van der Waals surface area contributed by atoms with Crippen molar-refractivity contribution in [3.05, 3.63) is 16.4 Å². The van der Waals surface area contributed by atoms with E-state index in [-0.39, 0.29) is 11.5 Å². The highest BCUT2D eigenvalue weighted by atomic mass is 35.5. The van der Waals surface area contributed by atoms with Crippen molar-refractivity contribution in [2.45, 2.75) is 46.1 Å². The molecule has 1 aromatic heterocycles. The van der Waals surface area contributed by atoms with Gasteiger partial charge in [-0.1, -0.05) is 18.5 Å². The molecule has 1 saturated heterocycles. The molecule has 1 aliphatic heterocycles. The number of rotatable bonds is 6. The first-order valence-corrected chi connectivity index (χ1v) is 7.88. The third-order valence-corrected chi connectivity index (χ3v) is 5.01. The molecule has 2 heterocycles. The normalized spacial score (nSPS) is 26.4. The fourth-order valence-corrected chi connectivity index (χ4v) is 3.33. The van der Waals surface area contributed by atoms with Crippen LogP contribution in [0.25, 0.3) is 0 Å². The van der Waals surface area contributed by atoms with Gasteiger partial charge in [-0.05, 0) is 39.7 Å². The zero-order chi connectivity index (χ0) is 14.8. The molecule has 5 heteroatoms. The molecule has 4 nitrogen and oxygen atoms in total. The lowest BCUT2D eigenvalue weighted by Crippen LogP contribution is -2.41. The lowest BCUT2D eigenvalue weighted by molar-refractivity contribution is 0.0630. The number of hydrogen-bond acceptors (Lipinski definition) is 3. The molecule has 1 N–H and O–H groups in total. The number of aryl methyl sites for hydroxylation is 2. The van der Waals surface area contributed by atoms with Gasteiger partial charge in [-0.25, -0.2) is 0 Å². The third-order valence-electron chi connectivity index (χ3n) is 4.53. The Morgan fingerprint density at radius 1 is 1.55 bits per heavy atom. The Kier molecular flexibility index (Phi) is 5.10. The van der Waals surface area contributed by atoms with Crippen molar-refractivity contribution in [2.75, 3.05) is 19.7 Å². The summed E-state index contributed by atoms with van der Waals surface area (Å²) < 4.78 is 7.61. The Hall–Kier alpha value is -0.580. The van der Waals surface area contributed by atoms with Gasteiger partial charge in [-0.3, -0.25) is 4.68 Å². The number of aromatic nitrogens is 2. The molecule has 0 aliphatic carbocycles. The van der Waals surface area contributed by atoms with Crippen molar-refractivity contribution in [3.63, 3.8) is 0 Å². The van der Waals surface area contributed by atoms with E-state index < -0.39 is 0 Å². The second-order valence-electron chi connectivity index (χ2n) is 5.96. The highest BCUT2D eigenvalue weighted by Gasteiger charge is 2.42. The highest BCUT2D eigenvalue weighted by Crippen LogP contribution is 2.39. The van der Waals surface area contributed by atoms with Gasteiger partial charge in [-0.2, -0.15) is 5.10 Å². The number of halogens is 1. The van der Waals surface area contributed by atoms with E-state index in [0.29, 0.717) is 0 Å². The molecule has 1 aromatic rings. The Morgan fingerprint density at radius 2 is 2.30 bits per heavy atom.